The van der Waals surface area contributed by atoms with Crippen LogP contribution in [0, 0.1) is 0 Å². The van der Waals surface area contributed by atoms with Gasteiger partial charge in [-0.25, -0.2) is 9.78 Å². The number of amides is 2. The molecular formula is C24H30ClF3N6O. The molecule has 0 spiro atoms. The van der Waals surface area contributed by atoms with Gasteiger partial charge in [0.15, 0.2) is 0 Å². The number of nitrogens with one attached hydrogen (secondary N) is 3. The summed E-state index contributed by atoms with van der Waals surface area (Å²) in [4.78, 5) is 23.9. The van der Waals surface area contributed by atoms with E-state index < -0.39 is 17.8 Å². The molecule has 0 bridgehead atoms. The van der Waals surface area contributed by atoms with Gasteiger partial charge in [0, 0.05) is 36.8 Å². The van der Waals surface area contributed by atoms with Crippen molar-refractivity contribution in [1.82, 2.24) is 15.3 Å². The molecule has 1 aromatic carbocycles. The predicted octanol–water partition coefficient (Wildman–Crippen LogP) is 5.64. The number of aromatic nitrogens is 2. The lowest BCUT2D eigenvalue weighted by atomic mass is 9.91. The fourth-order valence-corrected chi connectivity index (χ4v) is 4.95. The van der Waals surface area contributed by atoms with Crippen LogP contribution in [0.25, 0.3) is 0 Å². The topological polar surface area (TPSA) is 82.2 Å². The largest absolute Gasteiger partial charge is 0.418 e. The van der Waals surface area contributed by atoms with Gasteiger partial charge in [-0.3, -0.25) is 0 Å². The van der Waals surface area contributed by atoms with Crippen LogP contribution in [-0.2, 0) is 19.0 Å². The van der Waals surface area contributed by atoms with E-state index in [-0.39, 0.29) is 22.8 Å². The van der Waals surface area contributed by atoms with Crippen LogP contribution in [0.5, 0.6) is 0 Å². The fourth-order valence-electron chi connectivity index (χ4n) is 4.78. The molecule has 11 heteroatoms. The molecule has 7 nitrogen and oxygen atoms in total. The monoisotopic (exact) mass is 510 g/mol. The molecule has 3 N–H and O–H groups in total. The van der Waals surface area contributed by atoms with Crippen LogP contribution in [-0.4, -0.2) is 42.2 Å². The third-order valence-electron chi connectivity index (χ3n) is 6.52. The quantitative estimate of drug-likeness (QED) is 0.485. The molecule has 0 saturated heterocycles. The van der Waals surface area contributed by atoms with Crippen molar-refractivity contribution in [2.24, 2.45) is 0 Å². The average molecular weight is 511 g/mol. The molecule has 2 amide bonds. The second-order valence-electron chi connectivity index (χ2n) is 9.38. The molecule has 0 radical (unpaired) electrons. The van der Waals surface area contributed by atoms with E-state index in [1.807, 2.05) is 19.0 Å². The van der Waals surface area contributed by atoms with Crippen molar-refractivity contribution in [3.8, 4) is 0 Å². The lowest BCUT2D eigenvalue weighted by Gasteiger charge is -2.30. The Balaban J connectivity index is 1.32. The molecule has 0 atom stereocenters. The number of halogens is 4. The van der Waals surface area contributed by atoms with E-state index in [1.54, 1.807) is 0 Å². The summed E-state index contributed by atoms with van der Waals surface area (Å²) in [5.74, 6) is 1.59. The van der Waals surface area contributed by atoms with Crippen LogP contribution >= 0.6 is 11.6 Å². The van der Waals surface area contributed by atoms with Gasteiger partial charge in [-0.1, -0.05) is 11.6 Å². The molecular weight excluding hydrogens is 481 g/mol. The van der Waals surface area contributed by atoms with Crippen molar-refractivity contribution >= 4 is 35.1 Å². The Kier molecular flexibility index (Phi) is 7.59. The van der Waals surface area contributed by atoms with E-state index >= 15 is 0 Å². The number of benzene rings is 1. The van der Waals surface area contributed by atoms with E-state index in [0.29, 0.717) is 18.8 Å². The Morgan fingerprint density at radius 3 is 2.43 bits per heavy atom. The number of hydrogen-bond acceptors (Lipinski definition) is 5. The summed E-state index contributed by atoms with van der Waals surface area (Å²) in [5.41, 5.74) is 1.05. The van der Waals surface area contributed by atoms with E-state index in [0.717, 1.165) is 62.2 Å². The van der Waals surface area contributed by atoms with Crippen molar-refractivity contribution < 1.29 is 18.0 Å². The van der Waals surface area contributed by atoms with Gasteiger partial charge in [-0.2, -0.15) is 18.2 Å². The Morgan fingerprint density at radius 2 is 1.74 bits per heavy atom. The number of hydrogen-bond donors (Lipinski definition) is 3. The van der Waals surface area contributed by atoms with Crippen molar-refractivity contribution in [3.63, 3.8) is 0 Å². The summed E-state index contributed by atoms with van der Waals surface area (Å²) in [6.45, 7) is 0. The second-order valence-corrected chi connectivity index (χ2v) is 9.81. The highest BCUT2D eigenvalue weighted by Crippen LogP contribution is 2.36. The lowest BCUT2D eigenvalue weighted by molar-refractivity contribution is -0.136. The zero-order valence-corrected chi connectivity index (χ0v) is 20.6. The van der Waals surface area contributed by atoms with Crippen LogP contribution in [0.15, 0.2) is 18.2 Å². The molecule has 1 heterocycles. The fraction of sp³-hybridized carbons (Fsp3) is 0.542. The molecule has 1 aromatic heterocycles. The minimum absolute atomic E-state index is 0.0466. The van der Waals surface area contributed by atoms with Gasteiger partial charge in [0.25, 0.3) is 0 Å². The molecule has 190 valence electrons. The number of anilines is 3. The van der Waals surface area contributed by atoms with Crippen molar-refractivity contribution in [2.45, 2.75) is 69.6 Å². The average Bonchev–Trinajstić information content (AvgIpc) is 2.80. The zero-order chi connectivity index (χ0) is 25.2. The van der Waals surface area contributed by atoms with Crippen molar-refractivity contribution in [1.29, 1.82) is 0 Å². The molecule has 4 rings (SSSR count). The maximum Gasteiger partial charge on any atom is 0.418 e. The molecule has 2 aliphatic rings. The molecule has 0 unspecified atom stereocenters. The second kappa shape index (κ2) is 10.5. The van der Waals surface area contributed by atoms with Crippen molar-refractivity contribution in [3.05, 3.63) is 40.0 Å². The zero-order valence-electron chi connectivity index (χ0n) is 19.8. The Hall–Kier alpha value is -2.75. The first-order valence-electron chi connectivity index (χ1n) is 11.9. The van der Waals surface area contributed by atoms with E-state index in [2.05, 4.69) is 16.0 Å². The van der Waals surface area contributed by atoms with Gasteiger partial charge in [-0.05, 0) is 69.6 Å². The first-order valence-corrected chi connectivity index (χ1v) is 12.3. The highest BCUT2D eigenvalue weighted by atomic mass is 35.5. The Bertz CT molecular complexity index is 1070. The maximum atomic E-state index is 13.3. The summed E-state index contributed by atoms with van der Waals surface area (Å²) >= 11 is 5.70. The molecule has 1 fully saturated rings. The van der Waals surface area contributed by atoms with Gasteiger partial charge in [-0.15, -0.1) is 0 Å². The van der Waals surface area contributed by atoms with Gasteiger partial charge in [0.1, 0.15) is 5.82 Å². The Labute approximate surface area is 207 Å². The minimum Gasteiger partial charge on any atom is -0.362 e. The van der Waals surface area contributed by atoms with Gasteiger partial charge >= 0.3 is 12.2 Å². The van der Waals surface area contributed by atoms with Gasteiger partial charge < -0.3 is 20.9 Å². The number of urea groups is 1. The van der Waals surface area contributed by atoms with Crippen molar-refractivity contribution in [2.75, 3.05) is 29.6 Å². The summed E-state index contributed by atoms with van der Waals surface area (Å²) in [5, 5.41) is 8.52. The molecule has 2 aromatic rings. The first-order chi connectivity index (χ1) is 16.6. The normalized spacial score (nSPS) is 20.1. The number of carbonyl (C=O) groups is 1. The molecule has 1 saturated carbocycles. The first kappa shape index (κ1) is 25.3. The molecule has 2 aliphatic carbocycles. The van der Waals surface area contributed by atoms with Gasteiger partial charge in [0.05, 0.1) is 16.9 Å². The third-order valence-corrected chi connectivity index (χ3v) is 6.75. The summed E-state index contributed by atoms with van der Waals surface area (Å²) in [6, 6.07) is 2.65. The number of rotatable bonds is 5. The molecule has 0 aliphatic heterocycles. The third kappa shape index (κ3) is 6.28. The predicted molar refractivity (Wildman–Crippen MR) is 131 cm³/mol. The SMILES string of the molecule is CN(C)c1nc(NC2CCC(NC(=O)Nc3ccc(Cl)cc3C(F)(F)F)CC2)nc2c1CCCC2. The number of fused-ring (bicyclic) bond motifs is 1. The van der Waals surface area contributed by atoms with E-state index in [1.165, 1.54) is 11.6 Å². The van der Waals surface area contributed by atoms with E-state index in [4.69, 9.17) is 21.6 Å². The molecule has 35 heavy (non-hydrogen) atoms. The van der Waals surface area contributed by atoms with Gasteiger partial charge in [0.2, 0.25) is 5.95 Å². The number of carbonyl (C=O) groups excluding carboxylic acids is 1. The number of alkyl halides is 3. The summed E-state index contributed by atoms with van der Waals surface area (Å²) < 4.78 is 39.8. The van der Waals surface area contributed by atoms with Crippen LogP contribution in [0.4, 0.5) is 35.4 Å². The Morgan fingerprint density at radius 1 is 1.06 bits per heavy atom. The van der Waals surface area contributed by atoms with Crippen LogP contribution < -0.4 is 20.9 Å². The van der Waals surface area contributed by atoms with Crippen LogP contribution in [0.3, 0.4) is 0 Å². The highest BCUT2D eigenvalue weighted by Gasteiger charge is 2.34. The summed E-state index contributed by atoms with van der Waals surface area (Å²) in [6.07, 6.45) is 2.61. The standard InChI is InChI=1S/C24H30ClF3N6O/c1-34(2)21-17-5-3-4-6-19(17)31-22(33-21)29-15-8-10-16(11-9-15)30-23(35)32-20-12-7-14(25)13-18(20)24(26,27)28/h7,12-13,15-16H,3-6,8-11H2,1-2H3,(H,29,31,33)(H2,30,32,35). The van der Waals surface area contributed by atoms with E-state index in [9.17, 15) is 18.0 Å². The highest BCUT2D eigenvalue weighted by molar-refractivity contribution is 6.30. The lowest BCUT2D eigenvalue weighted by Crippen LogP contribution is -2.42. The number of aryl methyl sites for hydroxylation is 1. The maximum absolute atomic E-state index is 13.3. The minimum atomic E-state index is -4.62. The van der Waals surface area contributed by atoms with Crippen LogP contribution in [0.1, 0.15) is 55.3 Å². The smallest absolute Gasteiger partial charge is 0.362 e. The summed E-state index contributed by atoms with van der Waals surface area (Å²) in [7, 11) is 3.98. The van der Waals surface area contributed by atoms with Crippen LogP contribution in [0.2, 0.25) is 5.02 Å². The number of nitrogens with zero attached hydrogens (tertiary/aromatic N) is 3.